The number of pyridine rings is 1. The van der Waals surface area contributed by atoms with Crippen LogP contribution in [0.25, 0.3) is 0 Å². The third-order valence-electron chi connectivity index (χ3n) is 5.22. The molecule has 1 aliphatic heterocycles. The van der Waals surface area contributed by atoms with Crippen molar-refractivity contribution in [2.24, 2.45) is 11.8 Å². The summed E-state index contributed by atoms with van der Waals surface area (Å²) in [6, 6.07) is 5.32. The molecule has 3 fully saturated rings. The fourth-order valence-electron chi connectivity index (χ4n) is 3.96. The van der Waals surface area contributed by atoms with E-state index < -0.39 is 0 Å². The normalized spacial score (nSPS) is 28.9. The van der Waals surface area contributed by atoms with Crippen molar-refractivity contribution < 1.29 is 0 Å². The summed E-state index contributed by atoms with van der Waals surface area (Å²) in [6.07, 6.45) is 7.02. The molecule has 2 heterocycles. The summed E-state index contributed by atoms with van der Waals surface area (Å²) in [4.78, 5) is 7.31. The number of fused-ring (bicyclic) bond motifs is 1. The molecule has 0 bridgehead atoms. The molecule has 2 saturated carbocycles. The molecule has 1 aromatic rings. The Morgan fingerprint density at radius 3 is 2.60 bits per heavy atom. The van der Waals surface area contributed by atoms with Crippen molar-refractivity contribution in [1.82, 2.24) is 10.3 Å². The summed E-state index contributed by atoms with van der Waals surface area (Å²) in [5, 5.41) is 3.61. The Bertz CT molecular complexity index is 483. The van der Waals surface area contributed by atoms with Crippen molar-refractivity contribution in [1.29, 1.82) is 0 Å². The van der Waals surface area contributed by atoms with Gasteiger partial charge in [0.2, 0.25) is 0 Å². The van der Waals surface area contributed by atoms with Gasteiger partial charge in [-0.3, -0.25) is 0 Å². The maximum Gasteiger partial charge on any atom is 0.129 e. The zero-order valence-electron chi connectivity index (χ0n) is 12.4. The Kier molecular flexibility index (Phi) is 3.18. The average Bonchev–Trinajstić information content (AvgIpc) is 3.00. The molecule has 3 nitrogen and oxygen atoms in total. The maximum absolute atomic E-state index is 4.78. The molecule has 1 saturated heterocycles. The minimum atomic E-state index is 0.776. The van der Waals surface area contributed by atoms with Gasteiger partial charge in [-0.1, -0.05) is 6.42 Å². The van der Waals surface area contributed by atoms with E-state index in [0.717, 1.165) is 30.1 Å². The van der Waals surface area contributed by atoms with Crippen molar-refractivity contribution in [2.45, 2.75) is 51.6 Å². The molecule has 4 rings (SSSR count). The first-order valence-electron chi connectivity index (χ1n) is 8.24. The van der Waals surface area contributed by atoms with E-state index in [1.807, 2.05) is 0 Å². The second kappa shape index (κ2) is 5.03. The van der Waals surface area contributed by atoms with Crippen LogP contribution in [0.4, 0.5) is 5.82 Å². The molecule has 108 valence electrons. The number of hydrogen-bond donors (Lipinski definition) is 1. The van der Waals surface area contributed by atoms with Crippen molar-refractivity contribution in [3.63, 3.8) is 0 Å². The van der Waals surface area contributed by atoms with Crippen LogP contribution in [-0.4, -0.2) is 24.1 Å². The lowest BCUT2D eigenvalue weighted by Gasteiger charge is -2.20. The average molecular weight is 271 g/mol. The summed E-state index contributed by atoms with van der Waals surface area (Å²) >= 11 is 0. The third-order valence-corrected chi connectivity index (χ3v) is 5.22. The first-order chi connectivity index (χ1) is 9.78. The monoisotopic (exact) mass is 271 g/mol. The highest BCUT2D eigenvalue weighted by atomic mass is 15.2. The van der Waals surface area contributed by atoms with E-state index in [-0.39, 0.29) is 0 Å². The van der Waals surface area contributed by atoms with E-state index in [1.165, 1.54) is 56.6 Å². The number of hydrogen-bond acceptors (Lipinski definition) is 3. The second-order valence-electron chi connectivity index (χ2n) is 6.99. The molecule has 3 heteroatoms. The first-order valence-corrected chi connectivity index (χ1v) is 8.24. The van der Waals surface area contributed by atoms with Gasteiger partial charge in [0.1, 0.15) is 5.82 Å². The van der Waals surface area contributed by atoms with Gasteiger partial charge >= 0.3 is 0 Å². The van der Waals surface area contributed by atoms with Crippen molar-refractivity contribution in [3.8, 4) is 0 Å². The van der Waals surface area contributed by atoms with Crippen molar-refractivity contribution in [2.75, 3.05) is 18.0 Å². The molecule has 0 radical (unpaired) electrons. The minimum Gasteiger partial charge on any atom is -0.356 e. The lowest BCUT2D eigenvalue weighted by atomic mass is 10.0. The predicted molar refractivity (Wildman–Crippen MR) is 81.9 cm³/mol. The minimum absolute atomic E-state index is 0.776. The summed E-state index contributed by atoms with van der Waals surface area (Å²) in [7, 11) is 0. The van der Waals surface area contributed by atoms with Gasteiger partial charge in [-0.2, -0.15) is 0 Å². The molecule has 3 aliphatic rings. The molecular formula is C17H25N3. The molecule has 1 aromatic heterocycles. The lowest BCUT2D eigenvalue weighted by Crippen LogP contribution is -2.23. The van der Waals surface area contributed by atoms with E-state index >= 15 is 0 Å². The highest BCUT2D eigenvalue weighted by Crippen LogP contribution is 2.39. The summed E-state index contributed by atoms with van der Waals surface area (Å²) < 4.78 is 0. The van der Waals surface area contributed by atoms with Crippen LogP contribution in [0, 0.1) is 18.8 Å². The standard InChI is InChI=1S/C17H25N3/c1-12-7-13(9-18-16-5-6-16)8-17(19-12)20-10-14-3-2-4-15(14)11-20/h7-8,14-16,18H,2-6,9-11H2,1H3. The second-order valence-corrected chi connectivity index (χ2v) is 6.99. The van der Waals surface area contributed by atoms with Crippen LogP contribution in [0.3, 0.4) is 0 Å². The molecule has 0 spiro atoms. The molecule has 0 amide bonds. The van der Waals surface area contributed by atoms with Gasteiger partial charge < -0.3 is 10.2 Å². The van der Waals surface area contributed by atoms with Gasteiger partial charge in [0.15, 0.2) is 0 Å². The molecule has 2 unspecified atom stereocenters. The quantitative estimate of drug-likeness (QED) is 0.912. The molecule has 20 heavy (non-hydrogen) atoms. The van der Waals surface area contributed by atoms with Gasteiger partial charge in [0.25, 0.3) is 0 Å². The zero-order chi connectivity index (χ0) is 13.5. The Balaban J connectivity index is 1.49. The van der Waals surface area contributed by atoms with Gasteiger partial charge in [0.05, 0.1) is 0 Å². The lowest BCUT2D eigenvalue weighted by molar-refractivity contribution is 0.494. The van der Waals surface area contributed by atoms with E-state index in [2.05, 4.69) is 29.3 Å². The van der Waals surface area contributed by atoms with Crippen LogP contribution < -0.4 is 10.2 Å². The van der Waals surface area contributed by atoms with Gasteiger partial charge in [0, 0.05) is 31.4 Å². The number of anilines is 1. The third kappa shape index (κ3) is 2.56. The van der Waals surface area contributed by atoms with Crippen LogP contribution in [0.15, 0.2) is 12.1 Å². The Morgan fingerprint density at radius 1 is 1.15 bits per heavy atom. The van der Waals surface area contributed by atoms with Crippen molar-refractivity contribution >= 4 is 5.82 Å². The topological polar surface area (TPSA) is 28.2 Å². The van der Waals surface area contributed by atoms with Gasteiger partial charge in [-0.15, -0.1) is 0 Å². The molecule has 2 atom stereocenters. The fourth-order valence-corrected chi connectivity index (χ4v) is 3.96. The van der Waals surface area contributed by atoms with Crippen LogP contribution in [-0.2, 0) is 6.54 Å². The molecule has 0 aromatic carbocycles. The number of rotatable bonds is 4. The summed E-state index contributed by atoms with van der Waals surface area (Å²) in [5.41, 5.74) is 2.56. The molecular weight excluding hydrogens is 246 g/mol. The predicted octanol–water partition coefficient (Wildman–Crippen LogP) is 2.88. The van der Waals surface area contributed by atoms with Crippen molar-refractivity contribution in [3.05, 3.63) is 23.4 Å². The zero-order valence-corrected chi connectivity index (χ0v) is 12.4. The number of aromatic nitrogens is 1. The number of nitrogens with zero attached hydrogens (tertiary/aromatic N) is 2. The number of nitrogens with one attached hydrogen (secondary N) is 1. The first kappa shape index (κ1) is 12.6. The van der Waals surface area contributed by atoms with E-state index in [4.69, 9.17) is 4.98 Å². The SMILES string of the molecule is Cc1cc(CNC2CC2)cc(N2CC3CCCC3C2)n1. The highest BCUT2D eigenvalue weighted by molar-refractivity contribution is 5.44. The van der Waals surface area contributed by atoms with Crippen LogP contribution in [0.2, 0.25) is 0 Å². The largest absolute Gasteiger partial charge is 0.356 e. The Morgan fingerprint density at radius 2 is 1.90 bits per heavy atom. The fraction of sp³-hybridized carbons (Fsp3) is 0.706. The Hall–Kier alpha value is -1.09. The smallest absolute Gasteiger partial charge is 0.129 e. The summed E-state index contributed by atoms with van der Waals surface area (Å²) in [6.45, 7) is 5.59. The molecule has 1 N–H and O–H groups in total. The van der Waals surface area contributed by atoms with Crippen LogP contribution in [0.1, 0.15) is 43.4 Å². The van der Waals surface area contributed by atoms with Crippen LogP contribution >= 0.6 is 0 Å². The van der Waals surface area contributed by atoms with E-state index in [9.17, 15) is 0 Å². The summed E-state index contributed by atoms with van der Waals surface area (Å²) in [5.74, 6) is 3.09. The van der Waals surface area contributed by atoms with Gasteiger partial charge in [-0.25, -0.2) is 4.98 Å². The van der Waals surface area contributed by atoms with E-state index in [0.29, 0.717) is 0 Å². The number of aryl methyl sites for hydroxylation is 1. The highest BCUT2D eigenvalue weighted by Gasteiger charge is 2.36. The Labute approximate surface area is 121 Å². The van der Waals surface area contributed by atoms with Crippen LogP contribution in [0.5, 0.6) is 0 Å². The molecule has 2 aliphatic carbocycles. The van der Waals surface area contributed by atoms with Gasteiger partial charge in [-0.05, 0) is 62.1 Å². The maximum atomic E-state index is 4.78. The van der Waals surface area contributed by atoms with E-state index in [1.54, 1.807) is 0 Å².